The summed E-state index contributed by atoms with van der Waals surface area (Å²) in [4.78, 5) is 141. The molecule has 2 aliphatic rings. The van der Waals surface area contributed by atoms with E-state index in [9.17, 15) is 53.1 Å². The highest BCUT2D eigenvalue weighted by Crippen LogP contribution is 2.22. The lowest BCUT2D eigenvalue weighted by atomic mass is 10.0. The van der Waals surface area contributed by atoms with E-state index in [4.69, 9.17) is 5.73 Å². The second-order valence-corrected chi connectivity index (χ2v) is 16.5. The molecule has 11 N–H and O–H groups in total. The summed E-state index contributed by atoms with van der Waals surface area (Å²) in [6.07, 6.45) is 3.49. The third-order valence-electron chi connectivity index (χ3n) is 10.9. The molecule has 0 saturated carbocycles. The number of benzene rings is 2. The van der Waals surface area contributed by atoms with Crippen LogP contribution >= 0.6 is 11.8 Å². The maximum atomic E-state index is 14.4. The van der Waals surface area contributed by atoms with Crippen molar-refractivity contribution in [3.05, 3.63) is 77.6 Å². The van der Waals surface area contributed by atoms with Gasteiger partial charge in [-0.2, -0.15) is 11.8 Å². The Morgan fingerprint density at radius 1 is 0.848 bits per heavy atom. The van der Waals surface area contributed by atoms with Crippen LogP contribution in [0.1, 0.15) is 60.9 Å². The molecule has 0 aliphatic carbocycles. The number of carbonyl (C=O) groups excluding carboxylic acids is 10. The predicted octanol–water partition coefficient (Wildman–Crippen LogP) is -1.52. The Bertz CT molecular complexity index is 2340. The van der Waals surface area contributed by atoms with Gasteiger partial charge in [0, 0.05) is 60.7 Å². The lowest BCUT2D eigenvalue weighted by Crippen LogP contribution is -2.60. The second kappa shape index (κ2) is 24.3. The number of hydrogen-bond donors (Lipinski definition) is 10. The van der Waals surface area contributed by atoms with Crippen molar-refractivity contribution >= 4 is 87.7 Å². The lowest BCUT2D eigenvalue weighted by molar-refractivity contribution is -0.143. The van der Waals surface area contributed by atoms with Crippen molar-refractivity contribution in [1.29, 1.82) is 0 Å². The molecule has 0 bridgehead atoms. The first kappa shape index (κ1) is 49.9. The van der Waals surface area contributed by atoms with E-state index in [1.165, 1.54) is 34.9 Å². The Morgan fingerprint density at radius 3 is 2.27 bits per heavy atom. The molecular formula is C44H54N10O11S. The molecule has 2 saturated heterocycles. The van der Waals surface area contributed by atoms with Crippen LogP contribution in [0.4, 0.5) is 0 Å². The van der Waals surface area contributed by atoms with Gasteiger partial charge in [-0.15, -0.1) is 0 Å². The standard InChI is InChI=1S/C44H54N10O11S/c1-66-21-17-29-37(58)43(64)51-31(14-16-36(57)46-18-20-55)40(61)52-32(22-26-23-47-28-11-6-5-10-27(26)28)41(62)50-30(13-15-35(45)56)39(60)48-24-33(53-38(59)25-8-3-2-4-9-25)44(65)54-19-7-12-34(54)42(63)49-29/h2-6,8-11,22-23,29-31,33-34,47,55H,7,12-21,24H2,1H3,(H2,45,56)(H,46,57)(H,48,60)(H,49,63)(H,50,62)(H,51,64)(H,52,61)(H,53,59). The number of nitrogens with two attached hydrogens (primary N) is 1. The van der Waals surface area contributed by atoms with Crippen molar-refractivity contribution in [2.24, 2.45) is 5.73 Å². The normalized spacial score (nSPS) is 22.1. The summed E-state index contributed by atoms with van der Waals surface area (Å²) in [6, 6.07) is 7.65. The summed E-state index contributed by atoms with van der Waals surface area (Å²) >= 11 is 1.33. The fraction of sp³-hybridized carbons (Fsp3) is 0.409. The van der Waals surface area contributed by atoms with Crippen molar-refractivity contribution in [3.8, 4) is 0 Å². The van der Waals surface area contributed by atoms with Crippen LogP contribution in [0.2, 0.25) is 0 Å². The number of primary amides is 1. The molecule has 352 valence electrons. The van der Waals surface area contributed by atoms with Crippen LogP contribution < -0.4 is 43.0 Å². The summed E-state index contributed by atoms with van der Waals surface area (Å²) in [7, 11) is 0. The van der Waals surface area contributed by atoms with Gasteiger partial charge in [0.15, 0.2) is 0 Å². The number of nitrogens with one attached hydrogen (secondary N) is 8. The van der Waals surface area contributed by atoms with E-state index in [1.54, 1.807) is 54.9 Å². The Hall–Kier alpha value is -7.07. The molecule has 3 aromatic rings. The fourth-order valence-corrected chi connectivity index (χ4v) is 7.86. The highest BCUT2D eigenvalue weighted by atomic mass is 32.2. The molecule has 66 heavy (non-hydrogen) atoms. The predicted molar refractivity (Wildman–Crippen MR) is 241 cm³/mol. The molecule has 0 radical (unpaired) electrons. The summed E-state index contributed by atoms with van der Waals surface area (Å²) in [6.45, 7) is -0.982. The second-order valence-electron chi connectivity index (χ2n) is 15.5. The van der Waals surface area contributed by atoms with E-state index in [2.05, 4.69) is 42.2 Å². The van der Waals surface area contributed by atoms with Gasteiger partial charge < -0.3 is 57.9 Å². The summed E-state index contributed by atoms with van der Waals surface area (Å²) in [5.74, 6) is -8.79. The van der Waals surface area contributed by atoms with Crippen molar-refractivity contribution < 1.29 is 53.1 Å². The largest absolute Gasteiger partial charge is 0.395 e. The zero-order valence-corrected chi connectivity index (χ0v) is 37.0. The minimum Gasteiger partial charge on any atom is -0.395 e. The number of thioether (sulfide) groups is 1. The zero-order chi connectivity index (χ0) is 47.8. The van der Waals surface area contributed by atoms with Crippen LogP contribution in [0.5, 0.6) is 0 Å². The highest BCUT2D eigenvalue weighted by molar-refractivity contribution is 7.98. The van der Waals surface area contributed by atoms with Crippen molar-refractivity contribution in [1.82, 2.24) is 47.1 Å². The van der Waals surface area contributed by atoms with Gasteiger partial charge in [-0.1, -0.05) is 36.4 Å². The van der Waals surface area contributed by atoms with Crippen LogP contribution in [-0.4, -0.2) is 142 Å². The smallest absolute Gasteiger partial charge is 0.290 e. The minimum atomic E-state index is -1.65. The molecule has 3 heterocycles. The van der Waals surface area contributed by atoms with Crippen LogP contribution in [0.3, 0.4) is 0 Å². The molecule has 21 nitrogen and oxygen atoms in total. The van der Waals surface area contributed by atoms with E-state index in [1.807, 2.05) is 0 Å². The maximum Gasteiger partial charge on any atom is 0.290 e. The molecule has 22 heteroatoms. The number of amides is 9. The van der Waals surface area contributed by atoms with E-state index < -0.39 is 114 Å². The average molecular weight is 931 g/mol. The van der Waals surface area contributed by atoms with E-state index >= 15 is 0 Å². The molecule has 5 atom stereocenters. The molecule has 0 spiro atoms. The van der Waals surface area contributed by atoms with Crippen LogP contribution in [0.25, 0.3) is 17.0 Å². The van der Waals surface area contributed by atoms with Crippen LogP contribution in [0.15, 0.2) is 66.5 Å². The fourth-order valence-electron chi connectivity index (χ4n) is 7.39. The van der Waals surface area contributed by atoms with Crippen LogP contribution in [0, 0.1) is 0 Å². The SMILES string of the molecule is CSCCC1NC(=O)C2CCCN2C(=O)C(NC(=O)c2ccccc2)CNC(=O)C(CCC(N)=O)NC(=O)C(=Cc2c[nH]c3ccccc23)NC(=O)C(CCC(=O)NCCO)NC(=O)C1=O. The molecule has 5 unspecified atom stereocenters. The molecule has 1 aromatic heterocycles. The van der Waals surface area contributed by atoms with E-state index in [-0.39, 0.29) is 50.9 Å². The Morgan fingerprint density at radius 2 is 1.55 bits per heavy atom. The third-order valence-corrected chi connectivity index (χ3v) is 11.5. The maximum absolute atomic E-state index is 14.4. The van der Waals surface area contributed by atoms with E-state index in [0.29, 0.717) is 28.6 Å². The number of aliphatic hydroxyl groups is 1. The Labute approximate surface area is 383 Å². The minimum absolute atomic E-state index is 0.0311. The molecule has 2 fully saturated rings. The van der Waals surface area contributed by atoms with Crippen molar-refractivity contribution in [2.75, 3.05) is 38.2 Å². The van der Waals surface area contributed by atoms with Gasteiger partial charge >= 0.3 is 0 Å². The molecule has 2 aromatic carbocycles. The average Bonchev–Trinajstić information content (AvgIpc) is 3.98. The number of carbonyl (C=O) groups is 10. The lowest BCUT2D eigenvalue weighted by Gasteiger charge is -2.30. The number of Topliss-reactive ketones (excluding diaryl/α,β-unsaturated/α-hetero) is 1. The number of H-pyrrole nitrogens is 1. The van der Waals surface area contributed by atoms with Gasteiger partial charge in [-0.25, -0.2) is 0 Å². The number of nitrogens with zero attached hydrogens (tertiary/aromatic N) is 1. The van der Waals surface area contributed by atoms with Gasteiger partial charge in [0.05, 0.1) is 12.6 Å². The van der Waals surface area contributed by atoms with Crippen molar-refractivity contribution in [3.63, 3.8) is 0 Å². The molecule has 5 rings (SSSR count). The first-order valence-corrected chi connectivity index (χ1v) is 22.7. The molecular weight excluding hydrogens is 877 g/mol. The quantitative estimate of drug-likeness (QED) is 0.0651. The van der Waals surface area contributed by atoms with Gasteiger partial charge in [0.25, 0.3) is 17.7 Å². The zero-order valence-electron chi connectivity index (χ0n) is 36.2. The Balaban J connectivity index is 1.58. The number of rotatable bonds is 14. The monoisotopic (exact) mass is 930 g/mol. The number of hydrogen-bond acceptors (Lipinski definition) is 12. The topological polar surface area (TPSA) is 320 Å². The Kier molecular flexibility index (Phi) is 18.4. The summed E-state index contributed by atoms with van der Waals surface area (Å²) in [5, 5.41) is 27.4. The highest BCUT2D eigenvalue weighted by Gasteiger charge is 2.40. The number of para-hydroxylation sites is 1. The van der Waals surface area contributed by atoms with Crippen molar-refractivity contribution in [2.45, 2.75) is 75.2 Å². The number of aromatic amines is 1. The number of fused-ring (bicyclic) bond motifs is 2. The van der Waals surface area contributed by atoms with Gasteiger partial charge in [-0.05, 0) is 68.4 Å². The van der Waals surface area contributed by atoms with Crippen LogP contribution in [-0.2, 0) is 43.2 Å². The summed E-state index contributed by atoms with van der Waals surface area (Å²) in [5.41, 5.74) is 6.21. The number of aromatic nitrogens is 1. The molecule has 9 amide bonds. The van der Waals surface area contributed by atoms with E-state index in [0.717, 1.165) is 0 Å². The summed E-state index contributed by atoms with van der Waals surface area (Å²) < 4.78 is 0. The van der Waals surface area contributed by atoms with Gasteiger partial charge in [0.1, 0.15) is 29.9 Å². The first-order valence-electron chi connectivity index (χ1n) is 21.3. The number of ketones is 1. The first-order chi connectivity index (χ1) is 31.7. The number of aliphatic hydroxyl groups excluding tert-OH is 1. The third kappa shape index (κ3) is 13.7. The van der Waals surface area contributed by atoms with Gasteiger partial charge in [-0.3, -0.25) is 47.9 Å². The molecule has 2 aliphatic heterocycles. The van der Waals surface area contributed by atoms with Gasteiger partial charge in [0.2, 0.25) is 41.2 Å².